The number of hydrogen-bond donors (Lipinski definition) is 0. The number of allylic oxidation sites excluding steroid dienone is 1. The molecule has 0 aromatic heterocycles. The molecule has 1 aliphatic carbocycles. The van der Waals surface area contributed by atoms with E-state index in [1.165, 1.54) is 69.8 Å². The number of unbranched alkanes of at least 4 members (excludes halogenated alkanes) is 3. The summed E-state index contributed by atoms with van der Waals surface area (Å²) < 4.78 is 0. The predicted molar refractivity (Wildman–Crippen MR) is 125 cm³/mol. The van der Waals surface area contributed by atoms with Gasteiger partial charge in [-0.2, -0.15) is 0 Å². The molecule has 1 aromatic rings. The van der Waals surface area contributed by atoms with Gasteiger partial charge in [0.05, 0.1) is 0 Å². The Morgan fingerprint density at radius 3 is 2.32 bits per heavy atom. The van der Waals surface area contributed by atoms with E-state index in [9.17, 15) is 0 Å². The molecule has 0 unspecified atom stereocenters. The van der Waals surface area contributed by atoms with Crippen molar-refractivity contribution in [3.05, 3.63) is 47.5 Å². The largest absolute Gasteiger partial charge is 0.0874 e. The second-order valence-electron chi connectivity index (χ2n) is 9.91. The summed E-state index contributed by atoms with van der Waals surface area (Å²) in [5, 5.41) is 0. The first-order valence-corrected chi connectivity index (χ1v) is 11.7. The van der Waals surface area contributed by atoms with Crippen LogP contribution in [0.1, 0.15) is 109 Å². The van der Waals surface area contributed by atoms with Crippen molar-refractivity contribution in [2.24, 2.45) is 10.8 Å². The average molecular weight is 379 g/mol. The quantitative estimate of drug-likeness (QED) is 0.298. The van der Waals surface area contributed by atoms with E-state index < -0.39 is 0 Å². The summed E-state index contributed by atoms with van der Waals surface area (Å²) in [6.07, 6.45) is 15.6. The molecule has 0 amide bonds. The first-order chi connectivity index (χ1) is 13.4. The van der Waals surface area contributed by atoms with Crippen LogP contribution in [0.2, 0.25) is 0 Å². The number of hydrogen-bond acceptors (Lipinski definition) is 0. The summed E-state index contributed by atoms with van der Waals surface area (Å²) in [5.41, 5.74) is 4.60. The van der Waals surface area contributed by atoms with E-state index in [-0.39, 0.29) is 0 Å². The van der Waals surface area contributed by atoms with E-state index in [0.717, 1.165) is 24.0 Å². The molecule has 0 spiro atoms. The van der Waals surface area contributed by atoms with Crippen molar-refractivity contribution in [3.63, 3.8) is 0 Å². The second kappa shape index (κ2) is 10.9. The van der Waals surface area contributed by atoms with E-state index in [1.807, 2.05) is 0 Å². The molecule has 0 heterocycles. The molecule has 0 aliphatic heterocycles. The third-order valence-corrected chi connectivity index (χ3v) is 6.82. The molecule has 0 N–H and O–H groups in total. The highest BCUT2D eigenvalue weighted by atomic mass is 14.4. The zero-order valence-corrected chi connectivity index (χ0v) is 19.0. The molecule has 28 heavy (non-hydrogen) atoms. The lowest BCUT2D eigenvalue weighted by Crippen LogP contribution is -2.31. The molecule has 0 saturated heterocycles. The molecule has 0 atom stereocenters. The van der Waals surface area contributed by atoms with Crippen LogP contribution in [0.25, 0.3) is 0 Å². The minimum atomic E-state index is 0.388. The Hall–Kier alpha value is -1.48. The Kier molecular flexibility index (Phi) is 8.88. The van der Waals surface area contributed by atoms with Crippen molar-refractivity contribution in [2.75, 3.05) is 0 Å². The van der Waals surface area contributed by atoms with Crippen LogP contribution in [-0.4, -0.2) is 0 Å². The zero-order valence-electron chi connectivity index (χ0n) is 19.0. The standard InChI is InChI=1S/C28H42/c1-6-8-10-17-27(4)18-20-28(5,21-19-27)23-24(3)15-16-26-14-11-13-25(22-26)12-9-7-2/h11,13-14,22H,3,6-10,12,17-21,23H2,1-2,4-5H3. The third-order valence-electron chi connectivity index (χ3n) is 6.82. The Bertz CT molecular complexity index is 673. The lowest BCUT2D eigenvalue weighted by Gasteiger charge is -2.43. The minimum Gasteiger partial charge on any atom is -0.0874 e. The Balaban J connectivity index is 1.87. The van der Waals surface area contributed by atoms with E-state index in [0.29, 0.717) is 10.8 Å². The zero-order chi connectivity index (χ0) is 20.5. The minimum absolute atomic E-state index is 0.388. The molecule has 0 radical (unpaired) electrons. The lowest BCUT2D eigenvalue weighted by atomic mass is 9.62. The second-order valence-corrected chi connectivity index (χ2v) is 9.91. The molecule has 2 rings (SSSR count). The van der Waals surface area contributed by atoms with Gasteiger partial charge < -0.3 is 0 Å². The SMILES string of the molecule is C=C(C#Cc1cccc(CCCC)c1)CC1(C)CCC(C)(CCCCC)CC1. The molecular formula is C28H42. The van der Waals surface area contributed by atoms with Crippen molar-refractivity contribution in [3.8, 4) is 11.8 Å². The monoisotopic (exact) mass is 378 g/mol. The number of aryl methyl sites for hydroxylation is 1. The van der Waals surface area contributed by atoms with Crippen LogP contribution in [0.3, 0.4) is 0 Å². The van der Waals surface area contributed by atoms with Crippen molar-refractivity contribution >= 4 is 0 Å². The molecule has 1 aromatic carbocycles. The molecule has 0 bridgehead atoms. The van der Waals surface area contributed by atoms with E-state index in [1.54, 1.807) is 0 Å². The van der Waals surface area contributed by atoms with Gasteiger partial charge in [-0.3, -0.25) is 0 Å². The summed E-state index contributed by atoms with van der Waals surface area (Å²) in [4.78, 5) is 0. The van der Waals surface area contributed by atoms with Gasteiger partial charge in [-0.25, -0.2) is 0 Å². The fraction of sp³-hybridized carbons (Fsp3) is 0.643. The van der Waals surface area contributed by atoms with Crippen molar-refractivity contribution in [1.29, 1.82) is 0 Å². The van der Waals surface area contributed by atoms with Crippen LogP contribution >= 0.6 is 0 Å². The van der Waals surface area contributed by atoms with Gasteiger partial charge in [0.1, 0.15) is 0 Å². The number of rotatable bonds is 9. The smallest absolute Gasteiger partial charge is 0.0251 e. The first kappa shape index (κ1) is 22.8. The van der Waals surface area contributed by atoms with Crippen LogP contribution in [0.5, 0.6) is 0 Å². The van der Waals surface area contributed by atoms with Gasteiger partial charge in [-0.05, 0) is 85.5 Å². The highest BCUT2D eigenvalue weighted by Crippen LogP contribution is 2.49. The van der Waals surface area contributed by atoms with Gasteiger partial charge in [0, 0.05) is 5.56 Å². The molecule has 154 valence electrons. The molecule has 0 heteroatoms. The Morgan fingerprint density at radius 1 is 0.964 bits per heavy atom. The summed E-state index contributed by atoms with van der Waals surface area (Å²) >= 11 is 0. The fourth-order valence-electron chi connectivity index (χ4n) is 4.59. The molecule has 1 fully saturated rings. The van der Waals surface area contributed by atoms with Crippen LogP contribution in [0, 0.1) is 22.7 Å². The van der Waals surface area contributed by atoms with Gasteiger partial charge in [0.15, 0.2) is 0 Å². The molecule has 1 aliphatic rings. The van der Waals surface area contributed by atoms with Crippen molar-refractivity contribution < 1.29 is 0 Å². The van der Waals surface area contributed by atoms with E-state index in [4.69, 9.17) is 0 Å². The maximum Gasteiger partial charge on any atom is 0.0251 e. The molecule has 0 nitrogen and oxygen atoms in total. The van der Waals surface area contributed by atoms with Gasteiger partial charge >= 0.3 is 0 Å². The highest BCUT2D eigenvalue weighted by Gasteiger charge is 2.37. The van der Waals surface area contributed by atoms with E-state index in [2.05, 4.69) is 70.4 Å². The normalized spacial score (nSPS) is 24.4. The molecular weight excluding hydrogens is 336 g/mol. The average Bonchev–Trinajstić information content (AvgIpc) is 2.68. The van der Waals surface area contributed by atoms with Gasteiger partial charge in [0.2, 0.25) is 0 Å². The maximum absolute atomic E-state index is 4.30. The van der Waals surface area contributed by atoms with Crippen LogP contribution in [-0.2, 0) is 6.42 Å². The third kappa shape index (κ3) is 7.50. The van der Waals surface area contributed by atoms with Gasteiger partial charge in [-0.15, -0.1) is 0 Å². The van der Waals surface area contributed by atoms with Crippen LogP contribution in [0.4, 0.5) is 0 Å². The topological polar surface area (TPSA) is 0 Å². The van der Waals surface area contributed by atoms with Crippen molar-refractivity contribution in [1.82, 2.24) is 0 Å². The summed E-state index contributed by atoms with van der Waals surface area (Å²) in [6.45, 7) is 13.8. The van der Waals surface area contributed by atoms with E-state index >= 15 is 0 Å². The number of benzene rings is 1. The van der Waals surface area contributed by atoms with Crippen LogP contribution in [0.15, 0.2) is 36.4 Å². The fourth-order valence-corrected chi connectivity index (χ4v) is 4.59. The Labute approximate surface area is 175 Å². The summed E-state index contributed by atoms with van der Waals surface area (Å²) in [7, 11) is 0. The van der Waals surface area contributed by atoms with Gasteiger partial charge in [-0.1, -0.05) is 83.9 Å². The first-order valence-electron chi connectivity index (χ1n) is 11.7. The lowest BCUT2D eigenvalue weighted by molar-refractivity contribution is 0.0940. The van der Waals surface area contributed by atoms with Crippen LogP contribution < -0.4 is 0 Å². The van der Waals surface area contributed by atoms with Crippen molar-refractivity contribution in [2.45, 2.75) is 105 Å². The predicted octanol–water partition coefficient (Wildman–Crippen LogP) is 8.49. The molecule has 1 saturated carbocycles. The summed E-state index contributed by atoms with van der Waals surface area (Å²) in [6, 6.07) is 8.73. The maximum atomic E-state index is 4.30. The summed E-state index contributed by atoms with van der Waals surface area (Å²) in [5.74, 6) is 6.74. The van der Waals surface area contributed by atoms with Gasteiger partial charge in [0.25, 0.3) is 0 Å². The Morgan fingerprint density at radius 2 is 1.64 bits per heavy atom. The highest BCUT2D eigenvalue weighted by molar-refractivity contribution is 5.41.